The van der Waals surface area contributed by atoms with Crippen LogP contribution in [0.15, 0.2) is 72.8 Å². The van der Waals surface area contributed by atoms with Gasteiger partial charge in [-0.2, -0.15) is 13.2 Å². The Balaban J connectivity index is 1.80. The molecule has 3 rings (SSSR count). The molecule has 0 spiro atoms. The Morgan fingerprint density at radius 3 is 2.17 bits per heavy atom. The van der Waals surface area contributed by atoms with Crippen molar-refractivity contribution in [1.29, 1.82) is 0 Å². The van der Waals surface area contributed by atoms with Crippen molar-refractivity contribution >= 4 is 29.5 Å². The van der Waals surface area contributed by atoms with Crippen molar-refractivity contribution in [2.75, 3.05) is 10.6 Å². The van der Waals surface area contributed by atoms with E-state index >= 15 is 0 Å². The number of halogens is 3. The molecule has 0 heterocycles. The van der Waals surface area contributed by atoms with E-state index in [-0.39, 0.29) is 22.5 Å². The molecule has 2 amide bonds. The quantitative estimate of drug-likeness (QED) is 0.578. The first-order valence-electron chi connectivity index (χ1n) is 8.72. The van der Waals surface area contributed by atoms with Crippen LogP contribution in [0, 0.1) is 0 Å². The number of para-hydroxylation sites is 1. The Hall–Kier alpha value is -3.94. The van der Waals surface area contributed by atoms with Crippen LogP contribution in [-0.2, 0) is 6.18 Å². The maximum absolute atomic E-state index is 12.9. The van der Waals surface area contributed by atoms with Crippen molar-refractivity contribution in [3.63, 3.8) is 0 Å². The van der Waals surface area contributed by atoms with E-state index in [1.165, 1.54) is 48.5 Å². The third kappa shape index (κ3) is 4.91. The summed E-state index contributed by atoms with van der Waals surface area (Å²) in [6.07, 6.45) is -3.89. The van der Waals surface area contributed by atoms with Crippen molar-refractivity contribution in [2.45, 2.75) is 6.18 Å². The highest BCUT2D eigenvalue weighted by atomic mass is 19.4. The summed E-state index contributed by atoms with van der Waals surface area (Å²) in [5.74, 6) is -1.19. The van der Waals surface area contributed by atoms with Crippen molar-refractivity contribution in [3.8, 4) is 0 Å². The summed E-state index contributed by atoms with van der Waals surface area (Å²) >= 11 is 0. The number of benzene rings is 3. The molecule has 0 aromatic heterocycles. The molecule has 3 aromatic carbocycles. The van der Waals surface area contributed by atoms with E-state index in [0.29, 0.717) is 11.8 Å². The Morgan fingerprint density at radius 1 is 0.800 bits per heavy atom. The van der Waals surface area contributed by atoms with Crippen LogP contribution in [0.2, 0.25) is 0 Å². The molecule has 0 unspecified atom stereocenters. The molecule has 0 saturated heterocycles. The fourth-order valence-electron chi connectivity index (χ4n) is 2.67. The first-order valence-corrected chi connectivity index (χ1v) is 8.72. The number of carbonyl (C=O) groups excluding carboxylic acids is 3. The predicted octanol–water partition coefficient (Wildman–Crippen LogP) is 5.02. The number of hydrogen-bond donors (Lipinski definition) is 2. The minimum absolute atomic E-state index is 0.0274. The fraction of sp³-hybridized carbons (Fsp3) is 0.0455. The Bertz CT molecular complexity index is 1090. The van der Waals surface area contributed by atoms with Crippen molar-refractivity contribution in [2.24, 2.45) is 0 Å². The fourth-order valence-corrected chi connectivity index (χ4v) is 2.67. The van der Waals surface area contributed by atoms with Crippen molar-refractivity contribution < 1.29 is 27.6 Å². The van der Waals surface area contributed by atoms with Crippen LogP contribution < -0.4 is 10.6 Å². The van der Waals surface area contributed by atoms with Gasteiger partial charge in [-0.15, -0.1) is 0 Å². The van der Waals surface area contributed by atoms with E-state index in [0.717, 1.165) is 12.1 Å². The third-order valence-electron chi connectivity index (χ3n) is 4.18. The number of alkyl halides is 3. The molecule has 2 N–H and O–H groups in total. The lowest BCUT2D eigenvalue weighted by Gasteiger charge is -2.13. The lowest BCUT2D eigenvalue weighted by atomic mass is 10.1. The highest BCUT2D eigenvalue weighted by Gasteiger charge is 2.30. The maximum Gasteiger partial charge on any atom is 0.416 e. The van der Waals surface area contributed by atoms with E-state index < -0.39 is 23.6 Å². The van der Waals surface area contributed by atoms with Gasteiger partial charge in [-0.05, 0) is 42.5 Å². The van der Waals surface area contributed by atoms with Crippen LogP contribution in [0.3, 0.4) is 0 Å². The van der Waals surface area contributed by atoms with E-state index in [1.807, 2.05) is 0 Å². The van der Waals surface area contributed by atoms with Crippen LogP contribution in [-0.4, -0.2) is 18.1 Å². The Labute approximate surface area is 169 Å². The van der Waals surface area contributed by atoms with Gasteiger partial charge in [0.15, 0.2) is 0 Å². The molecule has 30 heavy (non-hydrogen) atoms. The van der Waals surface area contributed by atoms with Gasteiger partial charge in [0.05, 0.1) is 16.8 Å². The molecule has 152 valence electrons. The second-order valence-electron chi connectivity index (χ2n) is 6.27. The summed E-state index contributed by atoms with van der Waals surface area (Å²) in [6, 6.07) is 16.2. The minimum atomic E-state index is -4.54. The summed E-state index contributed by atoms with van der Waals surface area (Å²) in [6.45, 7) is 0. The SMILES string of the molecule is O=Cc1ccc(C(=O)Nc2ccccc2C(=O)Nc2cccc(C(F)(F)F)c2)cc1. The number of amides is 2. The third-order valence-corrected chi connectivity index (χ3v) is 4.18. The zero-order chi connectivity index (χ0) is 21.7. The average Bonchev–Trinajstić information content (AvgIpc) is 2.73. The van der Waals surface area contributed by atoms with Crippen LogP contribution >= 0.6 is 0 Å². The number of rotatable bonds is 5. The molecule has 0 aliphatic rings. The normalized spacial score (nSPS) is 10.9. The van der Waals surface area contributed by atoms with Gasteiger partial charge in [-0.3, -0.25) is 14.4 Å². The van der Waals surface area contributed by atoms with E-state index in [1.54, 1.807) is 12.1 Å². The summed E-state index contributed by atoms with van der Waals surface area (Å²) in [7, 11) is 0. The van der Waals surface area contributed by atoms with Crippen molar-refractivity contribution in [3.05, 3.63) is 95.1 Å². The topological polar surface area (TPSA) is 75.3 Å². The second kappa shape index (κ2) is 8.60. The van der Waals surface area contributed by atoms with Gasteiger partial charge in [0, 0.05) is 16.8 Å². The zero-order valence-corrected chi connectivity index (χ0v) is 15.4. The van der Waals surface area contributed by atoms with Gasteiger partial charge in [-0.25, -0.2) is 0 Å². The van der Waals surface area contributed by atoms with E-state index in [4.69, 9.17) is 0 Å². The van der Waals surface area contributed by atoms with Crippen LogP contribution in [0.4, 0.5) is 24.5 Å². The lowest BCUT2D eigenvalue weighted by molar-refractivity contribution is -0.137. The van der Waals surface area contributed by atoms with Crippen LogP contribution in [0.1, 0.15) is 36.6 Å². The molecule has 5 nitrogen and oxygen atoms in total. The highest BCUT2D eigenvalue weighted by Crippen LogP contribution is 2.31. The Morgan fingerprint density at radius 2 is 1.50 bits per heavy atom. The van der Waals surface area contributed by atoms with E-state index in [2.05, 4.69) is 10.6 Å². The standard InChI is InChI=1S/C22H15F3N2O3/c23-22(24,25)16-4-3-5-17(12-16)26-21(30)18-6-1-2-7-19(18)27-20(29)15-10-8-14(13-28)9-11-15/h1-13H,(H,26,30)(H,27,29). The van der Waals surface area contributed by atoms with Gasteiger partial charge >= 0.3 is 6.18 Å². The lowest BCUT2D eigenvalue weighted by Crippen LogP contribution is -2.18. The molecular formula is C22H15F3N2O3. The summed E-state index contributed by atoms with van der Waals surface area (Å²) in [4.78, 5) is 35.8. The Kier molecular flexibility index (Phi) is 5.96. The molecule has 8 heteroatoms. The molecule has 0 radical (unpaired) electrons. The number of aldehydes is 1. The maximum atomic E-state index is 12.9. The number of anilines is 2. The van der Waals surface area contributed by atoms with Gasteiger partial charge < -0.3 is 10.6 Å². The largest absolute Gasteiger partial charge is 0.416 e. The first-order chi connectivity index (χ1) is 14.3. The average molecular weight is 412 g/mol. The molecule has 0 bridgehead atoms. The van der Waals surface area contributed by atoms with Crippen LogP contribution in [0.5, 0.6) is 0 Å². The highest BCUT2D eigenvalue weighted by molar-refractivity contribution is 6.12. The summed E-state index contributed by atoms with van der Waals surface area (Å²) < 4.78 is 38.6. The smallest absolute Gasteiger partial charge is 0.322 e. The summed E-state index contributed by atoms with van der Waals surface area (Å²) in [5.41, 5.74) is 0.0291. The number of carbonyl (C=O) groups is 3. The molecule has 0 aliphatic carbocycles. The molecule has 0 saturated carbocycles. The minimum Gasteiger partial charge on any atom is -0.322 e. The number of nitrogens with one attached hydrogen (secondary N) is 2. The molecule has 0 aliphatic heterocycles. The monoisotopic (exact) mass is 412 g/mol. The molecular weight excluding hydrogens is 397 g/mol. The van der Waals surface area contributed by atoms with E-state index in [9.17, 15) is 27.6 Å². The van der Waals surface area contributed by atoms with Crippen molar-refractivity contribution in [1.82, 2.24) is 0 Å². The van der Waals surface area contributed by atoms with Gasteiger partial charge in [0.25, 0.3) is 11.8 Å². The predicted molar refractivity (Wildman–Crippen MR) is 106 cm³/mol. The van der Waals surface area contributed by atoms with Gasteiger partial charge in [-0.1, -0.05) is 30.3 Å². The summed E-state index contributed by atoms with van der Waals surface area (Å²) in [5, 5.41) is 5.01. The van der Waals surface area contributed by atoms with Gasteiger partial charge in [0.1, 0.15) is 6.29 Å². The van der Waals surface area contributed by atoms with Gasteiger partial charge in [0.2, 0.25) is 0 Å². The molecule has 3 aromatic rings. The zero-order valence-electron chi connectivity index (χ0n) is 15.4. The van der Waals surface area contributed by atoms with Crippen LogP contribution in [0.25, 0.3) is 0 Å². The molecule has 0 fully saturated rings. The molecule has 0 atom stereocenters. The second-order valence-corrected chi connectivity index (χ2v) is 6.27. The number of hydrogen-bond acceptors (Lipinski definition) is 3. The first kappa shape index (κ1) is 20.8.